The zero-order chi connectivity index (χ0) is 14.2. The molecule has 0 bridgehead atoms. The first-order chi connectivity index (χ1) is 9.55. The average Bonchev–Trinajstić information content (AvgIpc) is 2.67. The Morgan fingerprint density at radius 2 is 1.95 bits per heavy atom. The second kappa shape index (κ2) is 5.49. The summed E-state index contributed by atoms with van der Waals surface area (Å²) in [5, 5.41) is 10.5. The van der Waals surface area contributed by atoms with Crippen LogP contribution in [0.3, 0.4) is 0 Å². The van der Waals surface area contributed by atoms with Gasteiger partial charge in [-0.1, -0.05) is 30.7 Å². The third-order valence-corrected chi connectivity index (χ3v) is 6.62. The molecule has 3 rings (SSSR count). The number of sulfone groups is 1. The Hall–Kier alpha value is -0.870. The summed E-state index contributed by atoms with van der Waals surface area (Å²) in [5.41, 5.74) is 2.29. The van der Waals surface area contributed by atoms with Crippen molar-refractivity contribution in [3.8, 4) is 0 Å². The highest BCUT2D eigenvalue weighted by molar-refractivity contribution is 7.91. The van der Waals surface area contributed by atoms with Crippen molar-refractivity contribution in [3.63, 3.8) is 0 Å². The van der Waals surface area contributed by atoms with Crippen LogP contribution in [-0.2, 0) is 9.84 Å². The minimum Gasteiger partial charge on any atom is -0.388 e. The average molecular weight is 294 g/mol. The van der Waals surface area contributed by atoms with Gasteiger partial charge in [0.2, 0.25) is 0 Å². The van der Waals surface area contributed by atoms with Crippen molar-refractivity contribution >= 4 is 9.84 Å². The Balaban J connectivity index is 1.72. The van der Waals surface area contributed by atoms with E-state index in [0.717, 1.165) is 5.56 Å². The molecule has 20 heavy (non-hydrogen) atoms. The number of hydrogen-bond acceptors (Lipinski definition) is 3. The van der Waals surface area contributed by atoms with Crippen molar-refractivity contribution in [3.05, 3.63) is 35.4 Å². The van der Waals surface area contributed by atoms with E-state index in [1.807, 2.05) is 18.2 Å². The van der Waals surface area contributed by atoms with Crippen LogP contribution in [0.5, 0.6) is 0 Å². The predicted molar refractivity (Wildman–Crippen MR) is 79.4 cm³/mol. The van der Waals surface area contributed by atoms with Crippen LogP contribution in [0.4, 0.5) is 0 Å². The molecule has 2 atom stereocenters. The minimum absolute atomic E-state index is 0.115. The van der Waals surface area contributed by atoms with E-state index in [0.29, 0.717) is 18.8 Å². The summed E-state index contributed by atoms with van der Waals surface area (Å²) in [6, 6.07) is 8.12. The molecule has 1 heterocycles. The second-order valence-electron chi connectivity index (χ2n) is 6.28. The molecule has 1 aromatic carbocycles. The fourth-order valence-corrected chi connectivity index (χ4v) is 5.29. The second-order valence-corrected chi connectivity index (χ2v) is 8.51. The third kappa shape index (κ3) is 2.91. The van der Waals surface area contributed by atoms with Crippen molar-refractivity contribution in [2.24, 2.45) is 5.92 Å². The fourth-order valence-electron chi connectivity index (χ4n) is 3.41. The van der Waals surface area contributed by atoms with Gasteiger partial charge in [0.05, 0.1) is 17.6 Å². The van der Waals surface area contributed by atoms with Crippen LogP contribution < -0.4 is 0 Å². The first-order valence-corrected chi connectivity index (χ1v) is 9.34. The van der Waals surface area contributed by atoms with Crippen LogP contribution in [0, 0.1) is 5.92 Å². The van der Waals surface area contributed by atoms with Crippen LogP contribution in [0.15, 0.2) is 24.3 Å². The summed E-state index contributed by atoms with van der Waals surface area (Å²) >= 11 is 0. The van der Waals surface area contributed by atoms with E-state index < -0.39 is 15.9 Å². The Morgan fingerprint density at radius 1 is 1.20 bits per heavy atom. The van der Waals surface area contributed by atoms with Crippen molar-refractivity contribution in [1.29, 1.82) is 0 Å². The largest absolute Gasteiger partial charge is 0.388 e. The number of hydrogen-bond donors (Lipinski definition) is 1. The molecular formula is C16H22O3S. The van der Waals surface area contributed by atoms with E-state index >= 15 is 0 Å². The van der Waals surface area contributed by atoms with Crippen LogP contribution >= 0.6 is 0 Å². The number of aliphatic hydroxyl groups excluding tert-OH is 1. The molecule has 1 aliphatic carbocycles. The third-order valence-electron chi connectivity index (χ3n) is 4.78. The number of aliphatic hydroxyl groups is 1. The van der Waals surface area contributed by atoms with Gasteiger partial charge in [0.25, 0.3) is 0 Å². The summed E-state index contributed by atoms with van der Waals surface area (Å²) < 4.78 is 23.0. The van der Waals surface area contributed by atoms with Gasteiger partial charge in [0.1, 0.15) is 0 Å². The maximum Gasteiger partial charge on any atom is 0.150 e. The lowest BCUT2D eigenvalue weighted by molar-refractivity contribution is 0.146. The molecule has 4 heteroatoms. The standard InChI is InChI=1S/C16H22O3S/c17-16(10-12-8-9-20(18,19)11-12)15-7-2-1-6-14(15)13-4-3-5-13/h1-2,6-7,12-13,16-17H,3-5,8-11H2. The quantitative estimate of drug-likeness (QED) is 0.929. The van der Waals surface area contributed by atoms with Gasteiger partial charge in [-0.15, -0.1) is 0 Å². The van der Waals surface area contributed by atoms with Crippen LogP contribution in [0.25, 0.3) is 0 Å². The van der Waals surface area contributed by atoms with Gasteiger partial charge in [-0.25, -0.2) is 8.42 Å². The monoisotopic (exact) mass is 294 g/mol. The summed E-state index contributed by atoms with van der Waals surface area (Å²) in [6.07, 6.45) is 4.44. The SMILES string of the molecule is O=S1(=O)CCC(CC(O)c2ccccc2C2CCC2)C1. The molecule has 1 saturated heterocycles. The minimum atomic E-state index is -2.85. The Kier molecular flexibility index (Phi) is 3.87. The lowest BCUT2D eigenvalue weighted by Gasteiger charge is -2.29. The lowest BCUT2D eigenvalue weighted by Crippen LogP contribution is -2.15. The fraction of sp³-hybridized carbons (Fsp3) is 0.625. The zero-order valence-corrected chi connectivity index (χ0v) is 12.5. The molecule has 0 spiro atoms. The summed E-state index contributed by atoms with van der Waals surface area (Å²) in [6.45, 7) is 0. The number of benzene rings is 1. The first kappa shape index (κ1) is 14.1. The smallest absolute Gasteiger partial charge is 0.150 e. The Bertz CT molecular complexity index is 575. The molecule has 0 aromatic heterocycles. The van der Waals surface area contributed by atoms with Gasteiger partial charge in [0.15, 0.2) is 9.84 Å². The number of rotatable bonds is 4. The molecule has 110 valence electrons. The molecule has 2 fully saturated rings. The maximum absolute atomic E-state index is 11.5. The summed E-state index contributed by atoms with van der Waals surface area (Å²) in [5.74, 6) is 1.24. The van der Waals surface area contributed by atoms with Gasteiger partial charge >= 0.3 is 0 Å². The topological polar surface area (TPSA) is 54.4 Å². The van der Waals surface area contributed by atoms with Crippen molar-refractivity contribution in [2.75, 3.05) is 11.5 Å². The van der Waals surface area contributed by atoms with Crippen LogP contribution in [0.1, 0.15) is 55.3 Å². The van der Waals surface area contributed by atoms with Crippen molar-refractivity contribution in [1.82, 2.24) is 0 Å². The molecule has 1 aliphatic heterocycles. The molecule has 0 radical (unpaired) electrons. The summed E-state index contributed by atoms with van der Waals surface area (Å²) in [4.78, 5) is 0. The maximum atomic E-state index is 11.5. The van der Waals surface area contributed by atoms with Gasteiger partial charge < -0.3 is 5.11 Å². The molecule has 1 saturated carbocycles. The van der Waals surface area contributed by atoms with E-state index in [4.69, 9.17) is 0 Å². The molecule has 2 aliphatic rings. The highest BCUT2D eigenvalue weighted by Gasteiger charge is 2.31. The van der Waals surface area contributed by atoms with E-state index in [1.54, 1.807) is 0 Å². The predicted octanol–water partition coefficient (Wildman–Crippen LogP) is 2.81. The van der Waals surface area contributed by atoms with E-state index in [1.165, 1.54) is 24.8 Å². The Morgan fingerprint density at radius 3 is 2.55 bits per heavy atom. The lowest BCUT2D eigenvalue weighted by atomic mass is 9.77. The van der Waals surface area contributed by atoms with Crippen LogP contribution in [-0.4, -0.2) is 25.0 Å². The van der Waals surface area contributed by atoms with Crippen LogP contribution in [0.2, 0.25) is 0 Å². The highest BCUT2D eigenvalue weighted by atomic mass is 32.2. The van der Waals surface area contributed by atoms with Gasteiger partial charge in [-0.2, -0.15) is 0 Å². The summed E-state index contributed by atoms with van der Waals surface area (Å²) in [7, 11) is -2.85. The molecule has 1 aromatic rings. The van der Waals surface area contributed by atoms with Gasteiger partial charge in [0, 0.05) is 0 Å². The van der Waals surface area contributed by atoms with E-state index in [-0.39, 0.29) is 17.4 Å². The zero-order valence-electron chi connectivity index (χ0n) is 11.7. The van der Waals surface area contributed by atoms with Gasteiger partial charge in [-0.05, 0) is 48.6 Å². The normalized spacial score (nSPS) is 27.1. The van der Waals surface area contributed by atoms with Gasteiger partial charge in [-0.3, -0.25) is 0 Å². The molecule has 3 nitrogen and oxygen atoms in total. The molecule has 0 amide bonds. The van der Waals surface area contributed by atoms with Crippen molar-refractivity contribution < 1.29 is 13.5 Å². The Labute approximate surface area is 120 Å². The molecule has 1 N–H and O–H groups in total. The van der Waals surface area contributed by atoms with E-state index in [9.17, 15) is 13.5 Å². The first-order valence-electron chi connectivity index (χ1n) is 7.52. The molecular weight excluding hydrogens is 272 g/mol. The highest BCUT2D eigenvalue weighted by Crippen LogP contribution is 2.40. The van der Waals surface area contributed by atoms with E-state index in [2.05, 4.69) is 6.07 Å². The van der Waals surface area contributed by atoms with Crippen molar-refractivity contribution in [2.45, 2.75) is 44.1 Å². The molecule has 2 unspecified atom stereocenters.